The molecule has 0 saturated heterocycles. The molecule has 3 N–H and O–H groups in total. The van der Waals surface area contributed by atoms with Crippen molar-refractivity contribution in [2.75, 3.05) is 5.32 Å². The van der Waals surface area contributed by atoms with Crippen LogP contribution in [0.15, 0.2) is 12.1 Å². The number of nitrogens with one attached hydrogen (secondary N) is 1. The van der Waals surface area contributed by atoms with Crippen LogP contribution in [0.25, 0.3) is 0 Å². The number of aliphatic hydroxyl groups excluding tert-OH is 1. The van der Waals surface area contributed by atoms with E-state index in [1.54, 1.807) is 12.1 Å². The zero-order valence-electron chi connectivity index (χ0n) is 13.3. The first-order chi connectivity index (χ1) is 9.51. The highest BCUT2D eigenvalue weighted by atomic mass is 16.4. The molecule has 2 atom stereocenters. The molecule has 0 radical (unpaired) electrons. The molecule has 5 nitrogen and oxygen atoms in total. The standard InChI is InChI=1S/C16H24N2O3/c1-15(2,3)10-6-9(14(20)21)7-13(17-10)18-11-8-12(19)16(11,4)5/h6-7,11-12,19H,8H2,1-5H3,(H,17,18)(H,20,21). The summed E-state index contributed by atoms with van der Waals surface area (Å²) in [6.07, 6.45) is 0.316. The molecule has 0 amide bonds. The van der Waals surface area contributed by atoms with Crippen LogP contribution in [-0.2, 0) is 5.41 Å². The van der Waals surface area contributed by atoms with Gasteiger partial charge in [0.05, 0.1) is 11.7 Å². The number of nitrogens with zero attached hydrogens (tertiary/aromatic N) is 1. The van der Waals surface area contributed by atoms with Gasteiger partial charge in [-0.25, -0.2) is 9.78 Å². The Morgan fingerprint density at radius 3 is 2.43 bits per heavy atom. The summed E-state index contributed by atoms with van der Waals surface area (Å²) in [5.41, 5.74) is 0.511. The van der Waals surface area contributed by atoms with Crippen LogP contribution in [-0.4, -0.2) is 33.3 Å². The maximum Gasteiger partial charge on any atom is 0.335 e. The quantitative estimate of drug-likeness (QED) is 0.798. The number of anilines is 1. The summed E-state index contributed by atoms with van der Waals surface area (Å²) >= 11 is 0. The van der Waals surface area contributed by atoms with Crippen LogP contribution in [0.3, 0.4) is 0 Å². The van der Waals surface area contributed by atoms with Crippen molar-refractivity contribution >= 4 is 11.8 Å². The van der Waals surface area contributed by atoms with Gasteiger partial charge in [0.15, 0.2) is 0 Å². The van der Waals surface area contributed by atoms with Gasteiger partial charge in [-0.3, -0.25) is 0 Å². The first kappa shape index (κ1) is 15.8. The number of pyridine rings is 1. The van der Waals surface area contributed by atoms with Crippen molar-refractivity contribution in [2.24, 2.45) is 5.41 Å². The second-order valence-corrected chi connectivity index (χ2v) is 7.45. The third kappa shape index (κ3) is 3.02. The lowest BCUT2D eigenvalue weighted by atomic mass is 9.64. The van der Waals surface area contributed by atoms with E-state index in [4.69, 9.17) is 0 Å². The molecule has 1 aliphatic rings. The highest BCUT2D eigenvalue weighted by Crippen LogP contribution is 2.42. The molecule has 1 aliphatic carbocycles. The van der Waals surface area contributed by atoms with Crippen LogP contribution < -0.4 is 5.32 Å². The van der Waals surface area contributed by atoms with Crippen molar-refractivity contribution < 1.29 is 15.0 Å². The summed E-state index contributed by atoms with van der Waals surface area (Å²) in [6.45, 7) is 9.99. The molecule has 1 saturated carbocycles. The Morgan fingerprint density at radius 1 is 1.38 bits per heavy atom. The number of aromatic nitrogens is 1. The van der Waals surface area contributed by atoms with Crippen molar-refractivity contribution in [3.8, 4) is 0 Å². The third-order valence-corrected chi connectivity index (χ3v) is 4.38. The molecule has 1 heterocycles. The van der Waals surface area contributed by atoms with Gasteiger partial charge < -0.3 is 15.5 Å². The number of carbonyl (C=O) groups is 1. The molecule has 2 rings (SSSR count). The predicted molar refractivity (Wildman–Crippen MR) is 81.7 cm³/mol. The molecule has 1 aromatic heterocycles. The Bertz CT molecular complexity index is 561. The van der Waals surface area contributed by atoms with Gasteiger partial charge >= 0.3 is 5.97 Å². The number of aromatic carboxylic acids is 1. The van der Waals surface area contributed by atoms with E-state index < -0.39 is 5.97 Å². The van der Waals surface area contributed by atoms with E-state index in [1.807, 2.05) is 34.6 Å². The minimum Gasteiger partial charge on any atom is -0.478 e. The van der Waals surface area contributed by atoms with Crippen molar-refractivity contribution in [3.63, 3.8) is 0 Å². The molecule has 116 valence electrons. The molecule has 0 bridgehead atoms. The molecule has 0 aliphatic heterocycles. The minimum absolute atomic E-state index is 0.0943. The summed E-state index contributed by atoms with van der Waals surface area (Å²) in [5.74, 6) is -0.399. The summed E-state index contributed by atoms with van der Waals surface area (Å²) in [5, 5.41) is 22.3. The van der Waals surface area contributed by atoms with E-state index >= 15 is 0 Å². The van der Waals surface area contributed by atoms with Gasteiger partial charge in [-0.1, -0.05) is 34.6 Å². The van der Waals surface area contributed by atoms with E-state index in [9.17, 15) is 15.0 Å². The number of carboxylic acids is 1. The maximum atomic E-state index is 11.3. The van der Waals surface area contributed by atoms with E-state index in [2.05, 4.69) is 10.3 Å². The van der Waals surface area contributed by atoms with Crippen LogP contribution in [0.1, 0.15) is 57.1 Å². The SMILES string of the molecule is CC(C)(C)c1cc(C(=O)O)cc(NC2CC(O)C2(C)C)n1. The van der Waals surface area contributed by atoms with E-state index in [0.717, 1.165) is 5.69 Å². The Hall–Kier alpha value is -1.62. The summed E-state index contributed by atoms with van der Waals surface area (Å²) in [4.78, 5) is 15.8. The van der Waals surface area contributed by atoms with Crippen LogP contribution >= 0.6 is 0 Å². The molecular weight excluding hydrogens is 268 g/mol. The van der Waals surface area contributed by atoms with Gasteiger partial charge in [-0.2, -0.15) is 0 Å². The van der Waals surface area contributed by atoms with Crippen LogP contribution in [0, 0.1) is 5.41 Å². The molecule has 1 fully saturated rings. The number of hydrogen-bond donors (Lipinski definition) is 3. The molecule has 0 spiro atoms. The van der Waals surface area contributed by atoms with E-state index in [1.165, 1.54) is 0 Å². The fourth-order valence-corrected chi connectivity index (χ4v) is 2.44. The van der Waals surface area contributed by atoms with Gasteiger partial charge in [0.25, 0.3) is 0 Å². The molecule has 1 aromatic rings. The van der Waals surface area contributed by atoms with Crippen LogP contribution in [0.4, 0.5) is 5.82 Å². The number of aliphatic hydroxyl groups is 1. The number of rotatable bonds is 3. The predicted octanol–water partition coefficient (Wildman–Crippen LogP) is 2.65. The topological polar surface area (TPSA) is 82.5 Å². The Kier molecular flexibility index (Phi) is 3.74. The largest absolute Gasteiger partial charge is 0.478 e. The first-order valence-corrected chi connectivity index (χ1v) is 7.22. The molecular formula is C16H24N2O3. The Balaban J connectivity index is 2.31. The highest BCUT2D eigenvalue weighted by Gasteiger charge is 2.47. The molecule has 2 unspecified atom stereocenters. The second-order valence-electron chi connectivity index (χ2n) is 7.45. The van der Waals surface area contributed by atoms with Gasteiger partial charge in [0.2, 0.25) is 0 Å². The lowest BCUT2D eigenvalue weighted by molar-refractivity contribution is -0.0511. The van der Waals surface area contributed by atoms with Crippen molar-refractivity contribution in [3.05, 3.63) is 23.4 Å². The molecule has 21 heavy (non-hydrogen) atoms. The Morgan fingerprint density at radius 2 is 2.00 bits per heavy atom. The summed E-state index contributed by atoms with van der Waals surface area (Å²) < 4.78 is 0. The zero-order chi connectivity index (χ0) is 16.0. The van der Waals surface area contributed by atoms with E-state index in [0.29, 0.717) is 12.2 Å². The average Bonchev–Trinajstić information content (AvgIpc) is 2.37. The van der Waals surface area contributed by atoms with E-state index in [-0.39, 0.29) is 28.5 Å². The van der Waals surface area contributed by atoms with Gasteiger partial charge in [-0.15, -0.1) is 0 Å². The van der Waals surface area contributed by atoms with Crippen molar-refractivity contribution in [2.45, 2.75) is 58.6 Å². The van der Waals surface area contributed by atoms with Gasteiger partial charge in [-0.05, 0) is 18.6 Å². The monoisotopic (exact) mass is 292 g/mol. The summed E-state index contributed by atoms with van der Waals surface area (Å²) in [7, 11) is 0. The van der Waals surface area contributed by atoms with Gasteiger partial charge in [0, 0.05) is 22.6 Å². The smallest absolute Gasteiger partial charge is 0.335 e. The summed E-state index contributed by atoms with van der Waals surface area (Å²) in [6, 6.07) is 3.27. The fraction of sp³-hybridized carbons (Fsp3) is 0.625. The lowest BCUT2D eigenvalue weighted by Crippen LogP contribution is -2.57. The van der Waals surface area contributed by atoms with Crippen LogP contribution in [0.5, 0.6) is 0 Å². The number of hydrogen-bond acceptors (Lipinski definition) is 4. The average molecular weight is 292 g/mol. The third-order valence-electron chi connectivity index (χ3n) is 4.38. The lowest BCUT2D eigenvalue weighted by Gasteiger charge is -2.49. The molecule has 0 aromatic carbocycles. The normalized spacial score (nSPS) is 24.3. The first-order valence-electron chi connectivity index (χ1n) is 7.22. The van der Waals surface area contributed by atoms with Crippen molar-refractivity contribution in [1.29, 1.82) is 0 Å². The zero-order valence-corrected chi connectivity index (χ0v) is 13.3. The minimum atomic E-state index is -0.959. The van der Waals surface area contributed by atoms with Gasteiger partial charge in [0.1, 0.15) is 5.82 Å². The molecule has 5 heteroatoms. The van der Waals surface area contributed by atoms with Crippen molar-refractivity contribution in [1.82, 2.24) is 4.98 Å². The highest BCUT2D eigenvalue weighted by molar-refractivity contribution is 5.88. The Labute approximate surface area is 125 Å². The number of carboxylic acid groups (broad SMARTS) is 1. The van der Waals surface area contributed by atoms with Crippen LogP contribution in [0.2, 0.25) is 0 Å². The maximum absolute atomic E-state index is 11.3. The second kappa shape index (κ2) is 4.98. The fourth-order valence-electron chi connectivity index (χ4n) is 2.44.